The summed E-state index contributed by atoms with van der Waals surface area (Å²) in [5.74, 6) is 1.12. The number of hydrogen-bond acceptors (Lipinski definition) is 6. The van der Waals surface area contributed by atoms with Crippen LogP contribution in [0.1, 0.15) is 6.42 Å². The van der Waals surface area contributed by atoms with Crippen LogP contribution in [0.2, 0.25) is 0 Å². The van der Waals surface area contributed by atoms with Crippen molar-refractivity contribution >= 4 is 23.1 Å². The molecule has 7 nitrogen and oxygen atoms in total. The van der Waals surface area contributed by atoms with Crippen molar-refractivity contribution < 1.29 is 9.47 Å². The van der Waals surface area contributed by atoms with Gasteiger partial charge < -0.3 is 20.1 Å². The average Bonchev–Trinajstić information content (AvgIpc) is 2.53. The number of rotatable bonds is 6. The molecule has 1 aromatic rings. The lowest BCUT2D eigenvalue weighted by Crippen LogP contribution is -2.38. The van der Waals surface area contributed by atoms with Crippen molar-refractivity contribution in [2.45, 2.75) is 6.42 Å². The molecule has 116 valence electrons. The molecule has 0 aliphatic carbocycles. The zero-order valence-corrected chi connectivity index (χ0v) is 13.0. The smallest absolute Gasteiger partial charge is 0.218 e. The van der Waals surface area contributed by atoms with Gasteiger partial charge in [-0.1, -0.05) is 0 Å². The van der Waals surface area contributed by atoms with E-state index in [4.69, 9.17) is 21.7 Å². The van der Waals surface area contributed by atoms with Gasteiger partial charge in [0.1, 0.15) is 12.1 Å². The van der Waals surface area contributed by atoms with E-state index in [1.165, 1.54) is 6.33 Å². The van der Waals surface area contributed by atoms with E-state index in [0.717, 1.165) is 45.8 Å². The number of anilines is 1. The van der Waals surface area contributed by atoms with Crippen LogP contribution in [0, 0.1) is 0 Å². The first-order valence-electron chi connectivity index (χ1n) is 6.99. The van der Waals surface area contributed by atoms with Gasteiger partial charge in [0.05, 0.1) is 20.3 Å². The number of nitrogens with zero attached hydrogens (tertiary/aromatic N) is 3. The molecule has 2 rings (SSSR count). The summed E-state index contributed by atoms with van der Waals surface area (Å²) in [5, 5.41) is 6.73. The van der Waals surface area contributed by atoms with Crippen molar-refractivity contribution in [1.82, 2.24) is 20.2 Å². The highest BCUT2D eigenvalue weighted by atomic mass is 32.1. The molecule has 1 aromatic heterocycles. The van der Waals surface area contributed by atoms with Crippen molar-refractivity contribution in [3.05, 3.63) is 12.4 Å². The van der Waals surface area contributed by atoms with Crippen LogP contribution in [-0.2, 0) is 4.74 Å². The number of thiocarbonyl (C=S) groups is 1. The zero-order chi connectivity index (χ0) is 14.9. The fraction of sp³-hybridized carbons (Fsp3) is 0.615. The van der Waals surface area contributed by atoms with Gasteiger partial charge >= 0.3 is 0 Å². The van der Waals surface area contributed by atoms with E-state index in [-0.39, 0.29) is 0 Å². The van der Waals surface area contributed by atoms with E-state index in [9.17, 15) is 0 Å². The number of hydrogen-bond donors (Lipinski definition) is 2. The standard InChI is InChI=1S/C13H21N5O2S/c1-19-12-9-11(15-10-16-12)17-13(21)14-3-2-4-18-5-7-20-8-6-18/h9-10H,2-8H2,1H3,(H2,14,15,16,17,21). The maximum absolute atomic E-state index is 5.32. The van der Waals surface area contributed by atoms with Crippen LogP contribution in [0.5, 0.6) is 5.88 Å². The third-order valence-corrected chi connectivity index (χ3v) is 3.38. The van der Waals surface area contributed by atoms with Gasteiger partial charge in [-0.15, -0.1) is 0 Å². The lowest BCUT2D eigenvalue weighted by molar-refractivity contribution is 0.0376. The van der Waals surface area contributed by atoms with Gasteiger partial charge in [0.2, 0.25) is 5.88 Å². The Labute approximate surface area is 130 Å². The van der Waals surface area contributed by atoms with Gasteiger partial charge in [-0.05, 0) is 25.2 Å². The number of aromatic nitrogens is 2. The second kappa shape index (κ2) is 8.71. The lowest BCUT2D eigenvalue weighted by atomic mass is 10.3. The molecule has 0 atom stereocenters. The Kier molecular flexibility index (Phi) is 6.58. The van der Waals surface area contributed by atoms with E-state index in [1.54, 1.807) is 13.2 Å². The molecule has 0 unspecified atom stereocenters. The molecule has 1 saturated heterocycles. The Morgan fingerprint density at radius 3 is 3.00 bits per heavy atom. The molecule has 0 spiro atoms. The molecule has 0 saturated carbocycles. The van der Waals surface area contributed by atoms with Gasteiger partial charge in [0.25, 0.3) is 0 Å². The summed E-state index contributed by atoms with van der Waals surface area (Å²) in [6.45, 7) is 5.59. The van der Waals surface area contributed by atoms with Crippen LogP contribution >= 0.6 is 12.2 Å². The first-order valence-corrected chi connectivity index (χ1v) is 7.40. The molecule has 0 amide bonds. The number of nitrogens with one attached hydrogen (secondary N) is 2. The summed E-state index contributed by atoms with van der Waals surface area (Å²) in [6, 6.07) is 1.70. The Hall–Kier alpha value is -1.51. The highest BCUT2D eigenvalue weighted by Crippen LogP contribution is 2.09. The van der Waals surface area contributed by atoms with Crippen LogP contribution in [0.15, 0.2) is 12.4 Å². The molecule has 0 aromatic carbocycles. The van der Waals surface area contributed by atoms with E-state index >= 15 is 0 Å². The van der Waals surface area contributed by atoms with Crippen molar-refractivity contribution in [3.63, 3.8) is 0 Å². The van der Waals surface area contributed by atoms with Crippen LogP contribution in [0.3, 0.4) is 0 Å². The van der Waals surface area contributed by atoms with Crippen LogP contribution < -0.4 is 15.4 Å². The summed E-state index contributed by atoms with van der Waals surface area (Å²) >= 11 is 5.23. The van der Waals surface area contributed by atoms with Crippen molar-refractivity contribution in [3.8, 4) is 5.88 Å². The summed E-state index contributed by atoms with van der Waals surface area (Å²) in [7, 11) is 1.56. The van der Waals surface area contributed by atoms with Gasteiger partial charge in [-0.3, -0.25) is 4.90 Å². The second-order valence-electron chi connectivity index (χ2n) is 4.63. The molecule has 1 aliphatic rings. The predicted molar refractivity (Wildman–Crippen MR) is 84.7 cm³/mol. The zero-order valence-electron chi connectivity index (χ0n) is 12.2. The summed E-state index contributed by atoms with van der Waals surface area (Å²) in [5.41, 5.74) is 0. The SMILES string of the molecule is COc1cc(NC(=S)NCCCN2CCOCC2)ncn1. The quantitative estimate of drug-likeness (QED) is 0.581. The highest BCUT2D eigenvalue weighted by molar-refractivity contribution is 7.80. The Bertz CT molecular complexity index is 454. The molecule has 1 fully saturated rings. The van der Waals surface area contributed by atoms with Gasteiger partial charge in [-0.25, -0.2) is 9.97 Å². The van der Waals surface area contributed by atoms with Crippen LogP contribution in [0.4, 0.5) is 5.82 Å². The first kappa shape index (κ1) is 15.9. The third-order valence-electron chi connectivity index (χ3n) is 3.13. The molecule has 21 heavy (non-hydrogen) atoms. The minimum absolute atomic E-state index is 0.502. The molecule has 2 N–H and O–H groups in total. The Morgan fingerprint density at radius 1 is 1.43 bits per heavy atom. The third kappa shape index (κ3) is 5.78. The maximum atomic E-state index is 5.32. The highest BCUT2D eigenvalue weighted by Gasteiger charge is 2.09. The summed E-state index contributed by atoms with van der Waals surface area (Å²) in [6.07, 6.45) is 2.47. The van der Waals surface area contributed by atoms with E-state index in [1.807, 2.05) is 0 Å². The second-order valence-corrected chi connectivity index (χ2v) is 5.04. The molecular weight excluding hydrogens is 290 g/mol. The molecule has 2 heterocycles. The van der Waals surface area contributed by atoms with Crippen molar-refractivity contribution in [2.75, 3.05) is 51.8 Å². The monoisotopic (exact) mass is 311 g/mol. The fourth-order valence-electron chi connectivity index (χ4n) is 2.01. The predicted octanol–water partition coefficient (Wildman–Crippen LogP) is 0.494. The first-order chi connectivity index (χ1) is 10.3. The van der Waals surface area contributed by atoms with Crippen LogP contribution in [0.25, 0.3) is 0 Å². The normalized spacial score (nSPS) is 15.5. The summed E-state index contributed by atoms with van der Waals surface area (Å²) < 4.78 is 10.4. The molecule has 8 heteroatoms. The van der Waals surface area contributed by atoms with E-state index in [2.05, 4.69) is 25.5 Å². The largest absolute Gasteiger partial charge is 0.481 e. The van der Waals surface area contributed by atoms with Gasteiger partial charge in [0, 0.05) is 25.7 Å². The minimum atomic E-state index is 0.502. The molecule has 0 radical (unpaired) electrons. The van der Waals surface area contributed by atoms with Gasteiger partial charge in [0.15, 0.2) is 5.11 Å². The lowest BCUT2D eigenvalue weighted by Gasteiger charge is -2.26. The molecular formula is C13H21N5O2S. The van der Waals surface area contributed by atoms with Gasteiger partial charge in [-0.2, -0.15) is 0 Å². The maximum Gasteiger partial charge on any atom is 0.218 e. The number of morpholine rings is 1. The Balaban J connectivity index is 1.62. The minimum Gasteiger partial charge on any atom is -0.481 e. The molecule has 0 bridgehead atoms. The Morgan fingerprint density at radius 2 is 2.24 bits per heavy atom. The van der Waals surface area contributed by atoms with Crippen LogP contribution in [-0.4, -0.2) is 66.5 Å². The van der Waals surface area contributed by atoms with E-state index < -0.39 is 0 Å². The molecule has 1 aliphatic heterocycles. The topological polar surface area (TPSA) is 71.5 Å². The summed E-state index contributed by atoms with van der Waals surface area (Å²) in [4.78, 5) is 10.4. The van der Waals surface area contributed by atoms with Crippen molar-refractivity contribution in [2.24, 2.45) is 0 Å². The fourth-order valence-corrected chi connectivity index (χ4v) is 2.22. The average molecular weight is 311 g/mol. The number of methoxy groups -OCH3 is 1. The number of ether oxygens (including phenoxy) is 2. The van der Waals surface area contributed by atoms with E-state index in [0.29, 0.717) is 16.8 Å². The van der Waals surface area contributed by atoms with Crippen molar-refractivity contribution in [1.29, 1.82) is 0 Å².